The minimum absolute atomic E-state index is 0.0380. The lowest BCUT2D eigenvalue weighted by molar-refractivity contribution is 0.0982. The van der Waals surface area contributed by atoms with Crippen LogP contribution < -0.4 is 18.9 Å². The van der Waals surface area contributed by atoms with E-state index in [4.69, 9.17) is 30.5 Å². The predicted octanol–water partition coefficient (Wildman–Crippen LogP) is 13.9. The number of ether oxygens (including phenoxy) is 4. The normalized spacial score (nSPS) is 15.2. The van der Waals surface area contributed by atoms with Crippen molar-refractivity contribution in [1.29, 1.82) is 0 Å². The molecule has 3 aliphatic rings. The number of rotatable bonds is 13. The Hall–Kier alpha value is -5.22. The Morgan fingerprint density at radius 2 is 0.986 bits per heavy atom. The van der Waals surface area contributed by atoms with Crippen LogP contribution in [0.15, 0.2) is 73.6 Å². The molecule has 2 saturated carbocycles. The molecule has 0 bridgehead atoms. The molecule has 71 heavy (non-hydrogen) atoms. The second-order valence-electron chi connectivity index (χ2n) is 18.3. The van der Waals surface area contributed by atoms with E-state index in [1.807, 2.05) is 41.9 Å². The molecule has 0 spiro atoms. The number of hydrogen-bond acceptors (Lipinski definition) is 14. The summed E-state index contributed by atoms with van der Waals surface area (Å²) in [7, 11) is 6.85. The number of aromatic nitrogens is 3. The molecule has 2 fully saturated rings. The lowest BCUT2D eigenvalue weighted by Gasteiger charge is -2.33. The van der Waals surface area contributed by atoms with Crippen molar-refractivity contribution in [2.24, 2.45) is 0 Å². The maximum absolute atomic E-state index is 12.7. The molecule has 11 rings (SSSR count). The number of ketones is 2. The molecule has 2 aromatic carbocycles. The average molecular weight is 1030 g/mol. The van der Waals surface area contributed by atoms with Gasteiger partial charge in [0.1, 0.15) is 23.0 Å². The molecular weight excluding hydrogens is 970 g/mol. The number of methoxy groups -OCH3 is 4. The standard InChI is InChI=1S/C22H28N2O2S.C20H22N2O2S.C14H12ClNO2S/c1-4-24(15-8-6-5-7-9-15)14-16-12-18-20(25-2)19-13-23-11-10-17(19)21(26-3)22(18)27-16;1-2-22(13-6-4-3-5-7-13)12-14-10-16-18(23)17-11-21-9-8-15(17)19(24)20(16)25-14;1-17-12-10-5-8(6-15)19-14(10)13(18-2)9-3-4-16-7-11(9)12/h10-13,15H,4-9,14H2,1-3H3;8-11,13H,2-7,12H2,1H3;3-5,7H,6H2,1-2H3. The number of pyridine rings is 3. The van der Waals surface area contributed by atoms with Gasteiger partial charge in [-0.3, -0.25) is 34.3 Å². The van der Waals surface area contributed by atoms with E-state index in [1.165, 1.54) is 91.3 Å². The second kappa shape index (κ2) is 23.1. The first kappa shape index (κ1) is 50.7. The molecule has 0 radical (unpaired) electrons. The van der Waals surface area contributed by atoms with Crippen LogP contribution in [0.25, 0.3) is 41.7 Å². The fourth-order valence-corrected chi connectivity index (χ4v) is 14.5. The lowest BCUT2D eigenvalue weighted by Crippen LogP contribution is -2.35. The zero-order valence-corrected chi connectivity index (χ0v) is 44.7. The third-order valence-electron chi connectivity index (χ3n) is 14.3. The van der Waals surface area contributed by atoms with Crippen LogP contribution in [0.1, 0.15) is 124 Å². The Labute approximate surface area is 433 Å². The monoisotopic (exact) mass is 1030 g/mol. The molecule has 0 saturated heterocycles. The predicted molar refractivity (Wildman–Crippen MR) is 291 cm³/mol. The topological polar surface area (TPSA) is 116 Å². The highest BCUT2D eigenvalue weighted by atomic mass is 35.5. The van der Waals surface area contributed by atoms with E-state index in [0.29, 0.717) is 33.5 Å². The van der Waals surface area contributed by atoms with Crippen LogP contribution in [-0.2, 0) is 19.0 Å². The van der Waals surface area contributed by atoms with Gasteiger partial charge in [0.2, 0.25) is 5.78 Å². The molecule has 0 amide bonds. The van der Waals surface area contributed by atoms with Gasteiger partial charge in [0, 0.05) is 120 Å². The fourth-order valence-electron chi connectivity index (χ4n) is 10.8. The Morgan fingerprint density at radius 3 is 1.48 bits per heavy atom. The summed E-state index contributed by atoms with van der Waals surface area (Å²) in [6.45, 7) is 8.40. The minimum Gasteiger partial charge on any atom is -0.495 e. The molecule has 11 nitrogen and oxygen atoms in total. The molecule has 0 unspecified atom stereocenters. The lowest BCUT2D eigenvalue weighted by atomic mass is 9.90. The van der Waals surface area contributed by atoms with Crippen LogP contribution in [0, 0.1) is 0 Å². The van der Waals surface area contributed by atoms with Crippen molar-refractivity contribution in [3.63, 3.8) is 0 Å². The molecular formula is C56H62ClN5O6S3. The van der Waals surface area contributed by atoms with Crippen molar-refractivity contribution in [3.8, 4) is 23.0 Å². The van der Waals surface area contributed by atoms with Gasteiger partial charge in [0.25, 0.3) is 0 Å². The number of benzene rings is 2. The summed E-state index contributed by atoms with van der Waals surface area (Å²) in [5.41, 5.74) is 1.48. The first-order valence-electron chi connectivity index (χ1n) is 24.8. The van der Waals surface area contributed by atoms with E-state index >= 15 is 0 Å². The van der Waals surface area contributed by atoms with Gasteiger partial charge in [-0.05, 0) is 75.2 Å². The SMILES string of the molecule is CCN(Cc1cc2c(OC)c3cnccc3c(OC)c2s1)C1CCCCC1.CCN(Cc1cc2c(s1)C(=O)c1ccncc1C2=O)C1CCCCC1.COc1c2cnccc2c(OC)c2sc(CCl)cc12. The van der Waals surface area contributed by atoms with Crippen molar-refractivity contribution in [2.75, 3.05) is 41.5 Å². The number of alkyl halides is 1. The van der Waals surface area contributed by atoms with Crippen LogP contribution in [0.3, 0.4) is 0 Å². The maximum Gasteiger partial charge on any atom is 0.204 e. The van der Waals surface area contributed by atoms with Gasteiger partial charge in [0.05, 0.1) is 54.2 Å². The summed E-state index contributed by atoms with van der Waals surface area (Å²) in [6.07, 6.45) is 23.6. The molecule has 0 atom stereocenters. The molecule has 0 N–H and O–H groups in total. The van der Waals surface area contributed by atoms with E-state index in [-0.39, 0.29) is 11.6 Å². The highest BCUT2D eigenvalue weighted by Crippen LogP contribution is 2.48. The van der Waals surface area contributed by atoms with E-state index in [1.54, 1.807) is 64.4 Å². The summed E-state index contributed by atoms with van der Waals surface area (Å²) >= 11 is 10.9. The highest BCUT2D eigenvalue weighted by molar-refractivity contribution is 7.20. The fraction of sp³-hybridized carbons (Fsp3) is 0.411. The van der Waals surface area contributed by atoms with Gasteiger partial charge in [0.15, 0.2) is 5.78 Å². The van der Waals surface area contributed by atoms with Gasteiger partial charge < -0.3 is 18.9 Å². The second-order valence-corrected chi connectivity index (χ2v) is 21.9. The zero-order valence-electron chi connectivity index (χ0n) is 41.5. The molecule has 0 aliphatic heterocycles. The van der Waals surface area contributed by atoms with Crippen molar-refractivity contribution in [3.05, 3.63) is 110 Å². The zero-order chi connectivity index (χ0) is 49.6. The van der Waals surface area contributed by atoms with Crippen LogP contribution in [-0.4, -0.2) is 89.9 Å². The number of thiophene rings is 3. The van der Waals surface area contributed by atoms with E-state index in [0.717, 1.165) is 102 Å². The first-order chi connectivity index (χ1) is 34.7. The quantitative estimate of drug-likeness (QED) is 0.103. The summed E-state index contributed by atoms with van der Waals surface area (Å²) in [6, 6.07) is 13.2. The summed E-state index contributed by atoms with van der Waals surface area (Å²) < 4.78 is 25.0. The summed E-state index contributed by atoms with van der Waals surface area (Å²) in [5.74, 6) is 3.89. The Kier molecular flexibility index (Phi) is 16.5. The van der Waals surface area contributed by atoms with Gasteiger partial charge >= 0.3 is 0 Å². The molecule has 6 aromatic heterocycles. The molecule has 3 aliphatic carbocycles. The van der Waals surface area contributed by atoms with Gasteiger partial charge in [-0.15, -0.1) is 45.6 Å². The van der Waals surface area contributed by atoms with Crippen molar-refractivity contribution >= 4 is 98.9 Å². The highest BCUT2D eigenvalue weighted by Gasteiger charge is 2.33. The molecule has 372 valence electrons. The van der Waals surface area contributed by atoms with Crippen LogP contribution >= 0.6 is 45.6 Å². The number of fused-ring (bicyclic) bond motifs is 6. The van der Waals surface area contributed by atoms with Crippen LogP contribution in [0.5, 0.6) is 23.0 Å². The third-order valence-corrected chi connectivity index (χ3v) is 18.1. The van der Waals surface area contributed by atoms with Crippen LogP contribution in [0.4, 0.5) is 0 Å². The summed E-state index contributed by atoms with van der Waals surface area (Å²) in [4.78, 5) is 47.3. The number of carbonyl (C=O) groups is 2. The van der Waals surface area contributed by atoms with Crippen LogP contribution in [0.2, 0.25) is 0 Å². The Morgan fingerprint density at radius 1 is 0.521 bits per heavy atom. The molecule has 15 heteroatoms. The largest absolute Gasteiger partial charge is 0.495 e. The van der Waals surface area contributed by atoms with Crippen molar-refractivity contribution in [2.45, 2.75) is 109 Å². The van der Waals surface area contributed by atoms with Gasteiger partial charge in [-0.1, -0.05) is 52.4 Å². The number of carbonyl (C=O) groups excluding carboxylic acids is 2. The molecule has 6 heterocycles. The van der Waals surface area contributed by atoms with E-state index < -0.39 is 0 Å². The Bertz CT molecular complexity index is 3000. The van der Waals surface area contributed by atoms with Gasteiger partial charge in [-0.2, -0.15) is 0 Å². The number of nitrogens with zero attached hydrogens (tertiary/aromatic N) is 5. The van der Waals surface area contributed by atoms with Crippen molar-refractivity contribution in [1.82, 2.24) is 24.8 Å². The smallest absolute Gasteiger partial charge is 0.204 e. The average Bonchev–Trinajstić information content (AvgIpc) is 4.18. The Balaban J connectivity index is 0.000000134. The van der Waals surface area contributed by atoms with Gasteiger partial charge in [-0.25, -0.2) is 0 Å². The molecule has 8 aromatic rings. The third kappa shape index (κ3) is 10.3. The van der Waals surface area contributed by atoms with E-state index in [2.05, 4.69) is 50.7 Å². The maximum atomic E-state index is 12.7. The number of halogens is 1. The van der Waals surface area contributed by atoms with E-state index in [9.17, 15) is 9.59 Å². The van der Waals surface area contributed by atoms with Crippen molar-refractivity contribution < 1.29 is 28.5 Å². The first-order valence-corrected chi connectivity index (χ1v) is 27.7. The number of hydrogen-bond donors (Lipinski definition) is 0. The minimum atomic E-state index is -0.0686. The summed E-state index contributed by atoms with van der Waals surface area (Å²) in [5, 5.41) is 6.19.